The molecule has 0 aliphatic heterocycles. The van der Waals surface area contributed by atoms with Crippen LogP contribution in [0.2, 0.25) is 0 Å². The van der Waals surface area contributed by atoms with Crippen LogP contribution < -0.4 is 5.73 Å². The summed E-state index contributed by atoms with van der Waals surface area (Å²) in [6.45, 7) is 8.40. The summed E-state index contributed by atoms with van der Waals surface area (Å²) in [5.74, 6) is -0.270. The number of hydrogen-bond acceptors (Lipinski definition) is 4. The fourth-order valence-corrected chi connectivity index (χ4v) is 1.87. The minimum atomic E-state index is -0.369. The molecule has 0 aromatic carbocycles. The van der Waals surface area contributed by atoms with Gasteiger partial charge < -0.3 is 10.5 Å². The molecule has 0 bridgehead atoms. The quantitative estimate of drug-likeness (QED) is 0.829. The molecule has 0 amide bonds. The molecule has 0 radical (unpaired) electrons. The van der Waals surface area contributed by atoms with Crippen LogP contribution in [0, 0.1) is 0 Å². The Morgan fingerprint density at radius 1 is 1.56 bits per heavy atom. The Labute approximate surface area is 108 Å². The summed E-state index contributed by atoms with van der Waals surface area (Å²) in [6.07, 6.45) is 2.06. The topological polar surface area (TPSA) is 70.1 Å². The second-order valence-electron chi connectivity index (χ2n) is 5.47. The molecule has 1 rings (SSSR count). The third-order valence-corrected chi connectivity index (χ3v) is 2.66. The first-order chi connectivity index (χ1) is 8.25. The van der Waals surface area contributed by atoms with Gasteiger partial charge in [-0.05, 0) is 6.92 Å². The number of nitrogens with two attached hydrogens (primary N) is 1. The molecule has 1 heterocycles. The Hall–Kier alpha value is -1.36. The predicted molar refractivity (Wildman–Crippen MR) is 70.1 cm³/mol. The Morgan fingerprint density at radius 3 is 2.67 bits per heavy atom. The third-order valence-electron chi connectivity index (χ3n) is 2.66. The van der Waals surface area contributed by atoms with Crippen LogP contribution in [0.15, 0.2) is 6.20 Å². The first-order valence-corrected chi connectivity index (χ1v) is 6.21. The Balaban J connectivity index is 2.92. The van der Waals surface area contributed by atoms with E-state index in [-0.39, 0.29) is 23.8 Å². The van der Waals surface area contributed by atoms with Crippen molar-refractivity contribution in [3.8, 4) is 0 Å². The van der Waals surface area contributed by atoms with Gasteiger partial charge in [-0.25, -0.2) is 0 Å². The fourth-order valence-electron chi connectivity index (χ4n) is 1.87. The molecule has 1 unspecified atom stereocenters. The molecule has 18 heavy (non-hydrogen) atoms. The normalized spacial score (nSPS) is 13.4. The number of hydrogen-bond donors (Lipinski definition) is 1. The Kier molecular flexibility index (Phi) is 4.51. The van der Waals surface area contributed by atoms with Crippen LogP contribution in [-0.4, -0.2) is 22.4 Å². The number of esters is 1. The second kappa shape index (κ2) is 5.52. The number of carbonyl (C=O) groups excluding carboxylic acids is 1. The van der Waals surface area contributed by atoms with Gasteiger partial charge in [-0.1, -0.05) is 20.8 Å². The van der Waals surface area contributed by atoms with E-state index >= 15 is 0 Å². The summed E-state index contributed by atoms with van der Waals surface area (Å²) >= 11 is 0. The first kappa shape index (κ1) is 14.7. The van der Waals surface area contributed by atoms with Crippen molar-refractivity contribution in [1.29, 1.82) is 0 Å². The molecule has 0 saturated carbocycles. The van der Waals surface area contributed by atoms with Crippen molar-refractivity contribution in [2.45, 2.75) is 45.6 Å². The van der Waals surface area contributed by atoms with E-state index in [9.17, 15) is 4.79 Å². The van der Waals surface area contributed by atoms with Crippen LogP contribution in [0.5, 0.6) is 0 Å². The molecule has 0 aliphatic carbocycles. The van der Waals surface area contributed by atoms with E-state index in [1.165, 1.54) is 0 Å². The van der Waals surface area contributed by atoms with Gasteiger partial charge in [0.15, 0.2) is 0 Å². The molecule has 2 N–H and O–H groups in total. The second-order valence-corrected chi connectivity index (χ2v) is 5.47. The van der Waals surface area contributed by atoms with Crippen molar-refractivity contribution < 1.29 is 9.53 Å². The molecule has 1 aromatic rings. The molecule has 0 saturated heterocycles. The highest BCUT2D eigenvalue weighted by Crippen LogP contribution is 2.28. The lowest BCUT2D eigenvalue weighted by Crippen LogP contribution is -2.22. The van der Waals surface area contributed by atoms with Gasteiger partial charge in [0.1, 0.15) is 0 Å². The van der Waals surface area contributed by atoms with Crippen molar-refractivity contribution >= 4 is 5.97 Å². The summed E-state index contributed by atoms with van der Waals surface area (Å²) in [6, 6.07) is -0.369. The minimum absolute atomic E-state index is 0.0944. The molecular weight excluding hydrogens is 230 g/mol. The monoisotopic (exact) mass is 253 g/mol. The molecule has 0 fully saturated rings. The highest BCUT2D eigenvalue weighted by molar-refractivity contribution is 5.70. The van der Waals surface area contributed by atoms with Crippen molar-refractivity contribution in [1.82, 2.24) is 9.78 Å². The Morgan fingerprint density at radius 2 is 2.17 bits per heavy atom. The van der Waals surface area contributed by atoms with Crippen LogP contribution in [-0.2, 0) is 22.0 Å². The van der Waals surface area contributed by atoms with Gasteiger partial charge in [0.05, 0.1) is 18.7 Å². The van der Waals surface area contributed by atoms with Gasteiger partial charge in [-0.3, -0.25) is 9.48 Å². The number of ether oxygens (including phenoxy) is 1. The summed E-state index contributed by atoms with van der Waals surface area (Å²) in [4.78, 5) is 11.5. The van der Waals surface area contributed by atoms with E-state index in [0.717, 1.165) is 11.3 Å². The molecule has 1 aromatic heterocycles. The zero-order chi connectivity index (χ0) is 13.9. The van der Waals surface area contributed by atoms with Gasteiger partial charge in [-0.2, -0.15) is 5.10 Å². The van der Waals surface area contributed by atoms with Gasteiger partial charge in [0, 0.05) is 30.3 Å². The van der Waals surface area contributed by atoms with Crippen molar-refractivity contribution in [2.75, 3.05) is 6.61 Å². The number of rotatable bonds is 4. The van der Waals surface area contributed by atoms with E-state index in [4.69, 9.17) is 10.5 Å². The van der Waals surface area contributed by atoms with Gasteiger partial charge in [-0.15, -0.1) is 0 Å². The van der Waals surface area contributed by atoms with Gasteiger partial charge >= 0.3 is 5.97 Å². The summed E-state index contributed by atoms with van der Waals surface area (Å²) in [5.41, 5.74) is 7.84. The lowest BCUT2D eigenvalue weighted by atomic mass is 9.87. The SMILES string of the molecule is CCOC(=O)CC(N)c1cn(C)nc1C(C)(C)C. The molecule has 5 nitrogen and oxygen atoms in total. The Bertz CT molecular complexity index is 418. The average molecular weight is 253 g/mol. The maximum atomic E-state index is 11.5. The number of aryl methyl sites for hydroxylation is 1. The molecular formula is C13H23N3O2. The predicted octanol–water partition coefficient (Wildman–Crippen LogP) is 1.67. The minimum Gasteiger partial charge on any atom is -0.466 e. The number of nitrogens with zero attached hydrogens (tertiary/aromatic N) is 2. The summed E-state index contributed by atoms with van der Waals surface area (Å²) in [5, 5.41) is 4.44. The lowest BCUT2D eigenvalue weighted by molar-refractivity contribution is -0.143. The van der Waals surface area contributed by atoms with Gasteiger partial charge in [0.2, 0.25) is 0 Å². The van der Waals surface area contributed by atoms with Crippen LogP contribution in [0.3, 0.4) is 0 Å². The summed E-state index contributed by atoms with van der Waals surface area (Å²) < 4.78 is 6.66. The fraction of sp³-hybridized carbons (Fsp3) is 0.692. The van der Waals surface area contributed by atoms with E-state index in [1.54, 1.807) is 11.6 Å². The van der Waals surface area contributed by atoms with Crippen molar-refractivity contribution in [2.24, 2.45) is 12.8 Å². The maximum Gasteiger partial charge on any atom is 0.307 e. The molecule has 102 valence electrons. The number of carbonyl (C=O) groups is 1. The van der Waals surface area contributed by atoms with Crippen LogP contribution in [0.4, 0.5) is 0 Å². The van der Waals surface area contributed by atoms with Crippen LogP contribution >= 0.6 is 0 Å². The first-order valence-electron chi connectivity index (χ1n) is 6.21. The van der Waals surface area contributed by atoms with Crippen molar-refractivity contribution in [3.63, 3.8) is 0 Å². The van der Waals surface area contributed by atoms with E-state index < -0.39 is 0 Å². The molecule has 0 aliphatic rings. The number of aromatic nitrogens is 2. The van der Waals surface area contributed by atoms with Crippen LogP contribution in [0.25, 0.3) is 0 Å². The van der Waals surface area contributed by atoms with E-state index in [1.807, 2.05) is 13.2 Å². The van der Waals surface area contributed by atoms with E-state index in [2.05, 4.69) is 25.9 Å². The standard InChI is InChI=1S/C13H23N3O2/c1-6-18-11(17)7-10(14)9-8-16(5)15-12(9)13(2,3)4/h8,10H,6-7,14H2,1-5H3. The smallest absolute Gasteiger partial charge is 0.307 e. The lowest BCUT2D eigenvalue weighted by Gasteiger charge is -2.20. The van der Waals surface area contributed by atoms with E-state index in [0.29, 0.717) is 6.61 Å². The van der Waals surface area contributed by atoms with Gasteiger partial charge in [0.25, 0.3) is 0 Å². The largest absolute Gasteiger partial charge is 0.466 e. The summed E-state index contributed by atoms with van der Waals surface area (Å²) in [7, 11) is 1.86. The van der Waals surface area contributed by atoms with Crippen molar-refractivity contribution in [3.05, 3.63) is 17.5 Å². The highest BCUT2D eigenvalue weighted by Gasteiger charge is 2.26. The zero-order valence-electron chi connectivity index (χ0n) is 11.9. The molecule has 0 spiro atoms. The highest BCUT2D eigenvalue weighted by atomic mass is 16.5. The molecule has 1 atom stereocenters. The maximum absolute atomic E-state index is 11.5. The average Bonchev–Trinajstić information content (AvgIpc) is 2.60. The third kappa shape index (κ3) is 3.57. The zero-order valence-corrected chi connectivity index (χ0v) is 11.9. The molecule has 5 heteroatoms. The van der Waals surface area contributed by atoms with Crippen LogP contribution in [0.1, 0.15) is 51.4 Å².